The van der Waals surface area contributed by atoms with E-state index in [1.165, 1.54) is 6.20 Å². The number of nitrogens with zero attached hydrogens (tertiary/aromatic N) is 2. The molecule has 0 amide bonds. The van der Waals surface area contributed by atoms with E-state index < -0.39 is 10.0 Å². The summed E-state index contributed by atoms with van der Waals surface area (Å²) in [6.45, 7) is 0.771. The molecule has 0 aliphatic carbocycles. The number of benzene rings is 1. The smallest absolute Gasteiger partial charge is 0.242 e. The monoisotopic (exact) mass is 370 g/mol. The maximum Gasteiger partial charge on any atom is 0.242 e. The molecule has 6 nitrogen and oxygen atoms in total. The predicted molar refractivity (Wildman–Crippen MR) is 83.0 cm³/mol. The van der Waals surface area contributed by atoms with Gasteiger partial charge < -0.3 is 5.32 Å². The molecule has 0 atom stereocenters. The molecule has 8 heteroatoms. The Kier molecular flexibility index (Phi) is 5.40. The van der Waals surface area contributed by atoms with Gasteiger partial charge in [0, 0.05) is 17.2 Å². The van der Waals surface area contributed by atoms with Crippen molar-refractivity contribution in [3.63, 3.8) is 0 Å². The second-order valence-corrected chi connectivity index (χ2v) is 6.92. The number of rotatable bonds is 6. The van der Waals surface area contributed by atoms with Crippen molar-refractivity contribution < 1.29 is 8.42 Å². The first-order chi connectivity index (χ1) is 10.0. The average Bonchev–Trinajstić information content (AvgIpc) is 2.46. The molecule has 1 aromatic heterocycles. The van der Waals surface area contributed by atoms with Gasteiger partial charge in [-0.1, -0.05) is 6.07 Å². The van der Waals surface area contributed by atoms with Crippen LogP contribution in [-0.4, -0.2) is 25.7 Å². The van der Waals surface area contributed by atoms with Crippen LogP contribution in [0, 0.1) is 0 Å². The highest BCUT2D eigenvalue weighted by Gasteiger charge is 2.17. The molecular formula is C13H15BrN4O2S. The third-order valence-corrected chi connectivity index (χ3v) is 5.12. The summed E-state index contributed by atoms with van der Waals surface area (Å²) in [5.41, 5.74) is 1.56. The van der Waals surface area contributed by atoms with Gasteiger partial charge >= 0.3 is 0 Å². The van der Waals surface area contributed by atoms with Crippen LogP contribution in [-0.2, 0) is 23.1 Å². The first kappa shape index (κ1) is 16.0. The summed E-state index contributed by atoms with van der Waals surface area (Å²) in [5.74, 6) is 0. The van der Waals surface area contributed by atoms with E-state index in [1.807, 2.05) is 7.05 Å². The maximum absolute atomic E-state index is 12.3. The Bertz CT molecular complexity index is 707. The van der Waals surface area contributed by atoms with E-state index >= 15 is 0 Å². The first-order valence-electron chi connectivity index (χ1n) is 6.22. The van der Waals surface area contributed by atoms with Crippen molar-refractivity contribution in [2.75, 3.05) is 7.05 Å². The Balaban J connectivity index is 2.16. The van der Waals surface area contributed by atoms with Crippen LogP contribution in [0.3, 0.4) is 0 Å². The van der Waals surface area contributed by atoms with Gasteiger partial charge in [0.15, 0.2) is 0 Å². The van der Waals surface area contributed by atoms with E-state index in [0.29, 0.717) is 16.7 Å². The molecule has 0 spiro atoms. The van der Waals surface area contributed by atoms with Crippen molar-refractivity contribution in [3.05, 3.63) is 52.3 Å². The molecule has 0 unspecified atom stereocenters. The molecule has 2 N–H and O–H groups in total. The van der Waals surface area contributed by atoms with Crippen LogP contribution in [0.2, 0.25) is 0 Å². The van der Waals surface area contributed by atoms with Gasteiger partial charge in [-0.15, -0.1) is 0 Å². The third-order valence-electron chi connectivity index (χ3n) is 2.74. The van der Waals surface area contributed by atoms with E-state index in [1.54, 1.807) is 30.3 Å². The standard InChI is InChI=1S/C13H15BrN4O2S/c1-15-8-10-4-5-13(12(14)7-10)21(19,20)17-9-11-3-2-6-16-18-11/h2-7,15,17H,8-9H2,1H3. The zero-order chi connectivity index (χ0) is 15.3. The van der Waals surface area contributed by atoms with Gasteiger partial charge in [0.2, 0.25) is 10.0 Å². The molecule has 0 fully saturated rings. The number of aromatic nitrogens is 2. The van der Waals surface area contributed by atoms with Gasteiger partial charge in [-0.2, -0.15) is 10.2 Å². The fourth-order valence-electron chi connectivity index (χ4n) is 1.75. The van der Waals surface area contributed by atoms with Gasteiger partial charge in [-0.3, -0.25) is 0 Å². The van der Waals surface area contributed by atoms with Crippen LogP contribution in [0.25, 0.3) is 0 Å². The fraction of sp³-hybridized carbons (Fsp3) is 0.231. The molecule has 1 heterocycles. The molecule has 0 bridgehead atoms. The Morgan fingerprint density at radius 2 is 2.05 bits per heavy atom. The van der Waals surface area contributed by atoms with E-state index in [9.17, 15) is 8.42 Å². The van der Waals surface area contributed by atoms with Crippen LogP contribution in [0.4, 0.5) is 0 Å². The van der Waals surface area contributed by atoms with Crippen molar-refractivity contribution in [2.45, 2.75) is 18.0 Å². The Labute approximate surface area is 132 Å². The highest BCUT2D eigenvalue weighted by Crippen LogP contribution is 2.23. The topological polar surface area (TPSA) is 84.0 Å². The predicted octanol–water partition coefficient (Wildman–Crippen LogP) is 1.44. The Morgan fingerprint density at radius 1 is 1.24 bits per heavy atom. The number of nitrogens with one attached hydrogen (secondary N) is 2. The zero-order valence-corrected chi connectivity index (χ0v) is 13.8. The number of hydrogen-bond donors (Lipinski definition) is 2. The van der Waals surface area contributed by atoms with Crippen LogP contribution >= 0.6 is 15.9 Å². The van der Waals surface area contributed by atoms with Crippen molar-refractivity contribution in [1.29, 1.82) is 0 Å². The molecule has 0 aliphatic rings. The fourth-order valence-corrected chi connectivity index (χ4v) is 3.87. The molecule has 0 saturated carbocycles. The summed E-state index contributed by atoms with van der Waals surface area (Å²) < 4.78 is 27.6. The molecule has 21 heavy (non-hydrogen) atoms. The van der Waals surface area contributed by atoms with Gasteiger partial charge in [0.05, 0.1) is 17.1 Å². The second kappa shape index (κ2) is 7.08. The minimum Gasteiger partial charge on any atom is -0.316 e. The summed E-state index contributed by atoms with van der Waals surface area (Å²) in [6.07, 6.45) is 1.54. The summed E-state index contributed by atoms with van der Waals surface area (Å²) in [6, 6.07) is 8.56. The van der Waals surface area contributed by atoms with Crippen molar-refractivity contribution in [2.24, 2.45) is 0 Å². The third kappa shape index (κ3) is 4.31. The minimum atomic E-state index is -3.61. The molecule has 2 rings (SSSR count). The lowest BCUT2D eigenvalue weighted by Gasteiger charge is -2.09. The number of sulfonamides is 1. The maximum atomic E-state index is 12.3. The molecular weight excluding hydrogens is 356 g/mol. The summed E-state index contributed by atoms with van der Waals surface area (Å²) in [4.78, 5) is 0.200. The van der Waals surface area contributed by atoms with Crippen LogP contribution in [0.5, 0.6) is 0 Å². The molecule has 112 valence electrons. The lowest BCUT2D eigenvalue weighted by molar-refractivity contribution is 0.579. The van der Waals surface area contributed by atoms with E-state index in [2.05, 4.69) is 36.2 Å². The van der Waals surface area contributed by atoms with Gasteiger partial charge in [-0.25, -0.2) is 13.1 Å². The average molecular weight is 371 g/mol. The first-order valence-corrected chi connectivity index (χ1v) is 8.50. The van der Waals surface area contributed by atoms with Crippen LogP contribution in [0.1, 0.15) is 11.3 Å². The highest BCUT2D eigenvalue weighted by molar-refractivity contribution is 9.10. The molecule has 2 aromatic rings. The number of halogens is 1. The Hall–Kier alpha value is -1.35. The SMILES string of the molecule is CNCc1ccc(S(=O)(=O)NCc2cccnn2)c(Br)c1. The highest BCUT2D eigenvalue weighted by atomic mass is 79.9. The molecule has 0 aliphatic heterocycles. The Morgan fingerprint density at radius 3 is 2.67 bits per heavy atom. The summed E-state index contributed by atoms with van der Waals surface area (Å²) in [7, 11) is -1.77. The van der Waals surface area contributed by atoms with Gasteiger partial charge in [-0.05, 0) is 52.8 Å². The van der Waals surface area contributed by atoms with Crippen molar-refractivity contribution in [1.82, 2.24) is 20.2 Å². The second-order valence-electron chi connectivity index (χ2n) is 4.33. The molecule has 0 radical (unpaired) electrons. The molecule has 0 saturated heterocycles. The lowest BCUT2D eigenvalue weighted by atomic mass is 10.2. The van der Waals surface area contributed by atoms with Crippen molar-refractivity contribution >= 4 is 26.0 Å². The van der Waals surface area contributed by atoms with E-state index in [4.69, 9.17) is 0 Å². The largest absolute Gasteiger partial charge is 0.316 e. The zero-order valence-electron chi connectivity index (χ0n) is 11.4. The van der Waals surface area contributed by atoms with E-state index in [0.717, 1.165) is 5.56 Å². The summed E-state index contributed by atoms with van der Waals surface area (Å²) in [5, 5.41) is 10.6. The molecule has 1 aromatic carbocycles. The van der Waals surface area contributed by atoms with Gasteiger partial charge in [0.1, 0.15) is 0 Å². The van der Waals surface area contributed by atoms with Gasteiger partial charge in [0.25, 0.3) is 0 Å². The lowest BCUT2D eigenvalue weighted by Crippen LogP contribution is -2.24. The van der Waals surface area contributed by atoms with Crippen LogP contribution in [0.15, 0.2) is 45.9 Å². The number of hydrogen-bond acceptors (Lipinski definition) is 5. The van der Waals surface area contributed by atoms with E-state index in [-0.39, 0.29) is 11.4 Å². The normalized spacial score (nSPS) is 11.5. The van der Waals surface area contributed by atoms with Crippen LogP contribution < -0.4 is 10.0 Å². The van der Waals surface area contributed by atoms with Crippen molar-refractivity contribution in [3.8, 4) is 0 Å². The minimum absolute atomic E-state index is 0.0981. The summed E-state index contributed by atoms with van der Waals surface area (Å²) >= 11 is 3.30. The quantitative estimate of drug-likeness (QED) is 0.803.